The summed E-state index contributed by atoms with van der Waals surface area (Å²) < 4.78 is 5.48. The first-order valence-corrected chi connectivity index (χ1v) is 6.85. The van der Waals surface area contributed by atoms with E-state index in [0.29, 0.717) is 0 Å². The van der Waals surface area contributed by atoms with Gasteiger partial charge in [0.2, 0.25) is 0 Å². The van der Waals surface area contributed by atoms with Crippen LogP contribution in [-0.4, -0.2) is 7.11 Å². The van der Waals surface area contributed by atoms with Crippen molar-refractivity contribution < 1.29 is 4.74 Å². The lowest BCUT2D eigenvalue weighted by Gasteiger charge is -2.12. The fraction of sp³-hybridized carbons (Fsp3) is 0.278. The summed E-state index contributed by atoms with van der Waals surface area (Å²) in [6, 6.07) is 16.9. The lowest BCUT2D eigenvalue weighted by Crippen LogP contribution is -2.02. The SMILES string of the molecule is COc1cc(C)ccc1-c1cccc(C2(C#N)CC2)c1. The van der Waals surface area contributed by atoms with Gasteiger partial charge in [-0.2, -0.15) is 5.26 Å². The van der Waals surface area contributed by atoms with Gasteiger partial charge in [-0.3, -0.25) is 0 Å². The molecule has 3 rings (SSSR count). The van der Waals surface area contributed by atoms with Crippen LogP contribution in [0.3, 0.4) is 0 Å². The summed E-state index contributed by atoms with van der Waals surface area (Å²) in [6.07, 6.45) is 1.94. The summed E-state index contributed by atoms with van der Waals surface area (Å²) in [4.78, 5) is 0. The van der Waals surface area contributed by atoms with Crippen molar-refractivity contribution in [3.05, 3.63) is 53.6 Å². The Morgan fingerprint density at radius 2 is 1.95 bits per heavy atom. The smallest absolute Gasteiger partial charge is 0.126 e. The van der Waals surface area contributed by atoms with Crippen molar-refractivity contribution in [1.29, 1.82) is 5.26 Å². The topological polar surface area (TPSA) is 33.0 Å². The quantitative estimate of drug-likeness (QED) is 0.830. The molecule has 1 aliphatic carbocycles. The van der Waals surface area contributed by atoms with E-state index in [1.165, 1.54) is 5.56 Å². The maximum absolute atomic E-state index is 9.33. The van der Waals surface area contributed by atoms with Gasteiger partial charge in [-0.05, 0) is 48.6 Å². The molecule has 0 unspecified atom stereocenters. The van der Waals surface area contributed by atoms with Crippen molar-refractivity contribution in [3.63, 3.8) is 0 Å². The van der Waals surface area contributed by atoms with Crippen LogP contribution in [0.15, 0.2) is 42.5 Å². The molecule has 0 saturated heterocycles. The molecule has 0 atom stereocenters. The molecular formula is C18H17NO. The maximum atomic E-state index is 9.33. The van der Waals surface area contributed by atoms with Gasteiger partial charge in [-0.1, -0.05) is 30.3 Å². The number of nitriles is 1. The lowest BCUT2D eigenvalue weighted by molar-refractivity contribution is 0.416. The third kappa shape index (κ3) is 2.06. The number of nitrogens with zero attached hydrogens (tertiary/aromatic N) is 1. The van der Waals surface area contributed by atoms with Crippen molar-refractivity contribution in [2.75, 3.05) is 7.11 Å². The van der Waals surface area contributed by atoms with Crippen molar-refractivity contribution >= 4 is 0 Å². The van der Waals surface area contributed by atoms with E-state index in [2.05, 4.69) is 43.3 Å². The van der Waals surface area contributed by atoms with Crippen molar-refractivity contribution in [1.82, 2.24) is 0 Å². The third-order valence-electron chi connectivity index (χ3n) is 4.05. The molecule has 1 saturated carbocycles. The molecule has 0 spiro atoms. The number of rotatable bonds is 3. The molecule has 100 valence electrons. The first-order valence-electron chi connectivity index (χ1n) is 6.85. The van der Waals surface area contributed by atoms with Crippen LogP contribution in [0.4, 0.5) is 0 Å². The predicted molar refractivity (Wildman–Crippen MR) is 79.7 cm³/mol. The van der Waals surface area contributed by atoms with E-state index in [0.717, 1.165) is 35.3 Å². The molecule has 0 heterocycles. The zero-order chi connectivity index (χ0) is 14.2. The highest BCUT2D eigenvalue weighted by molar-refractivity contribution is 5.72. The second-order valence-electron chi connectivity index (χ2n) is 5.48. The molecule has 2 aromatic rings. The monoisotopic (exact) mass is 263 g/mol. The number of hydrogen-bond acceptors (Lipinski definition) is 2. The molecule has 0 aromatic heterocycles. The summed E-state index contributed by atoms with van der Waals surface area (Å²) >= 11 is 0. The zero-order valence-electron chi connectivity index (χ0n) is 11.8. The van der Waals surface area contributed by atoms with Crippen LogP contribution in [-0.2, 0) is 5.41 Å². The van der Waals surface area contributed by atoms with Crippen LogP contribution in [0.25, 0.3) is 11.1 Å². The number of benzene rings is 2. The molecule has 0 radical (unpaired) electrons. The fourth-order valence-corrected chi connectivity index (χ4v) is 2.61. The average molecular weight is 263 g/mol. The highest BCUT2D eigenvalue weighted by Crippen LogP contribution is 2.48. The molecule has 2 aromatic carbocycles. The van der Waals surface area contributed by atoms with Gasteiger partial charge in [0.1, 0.15) is 5.75 Å². The standard InChI is InChI=1S/C18H17NO/c1-13-6-7-16(17(10-13)20-2)14-4-3-5-15(11-14)18(12-19)8-9-18/h3-7,10-11H,8-9H2,1-2H3. The minimum atomic E-state index is -0.242. The third-order valence-corrected chi connectivity index (χ3v) is 4.05. The molecule has 0 bridgehead atoms. The second-order valence-corrected chi connectivity index (χ2v) is 5.48. The van der Waals surface area contributed by atoms with Crippen LogP contribution in [0, 0.1) is 18.3 Å². The summed E-state index contributed by atoms with van der Waals surface area (Å²) in [5.41, 5.74) is 4.25. The molecule has 1 fully saturated rings. The summed E-state index contributed by atoms with van der Waals surface area (Å²) in [7, 11) is 1.69. The van der Waals surface area contributed by atoms with Crippen molar-refractivity contribution in [2.24, 2.45) is 0 Å². The Balaban J connectivity index is 2.08. The summed E-state index contributed by atoms with van der Waals surface area (Å²) in [5, 5.41) is 9.33. The Bertz CT molecular complexity index is 693. The number of aryl methyl sites for hydroxylation is 1. The minimum absolute atomic E-state index is 0.242. The second kappa shape index (κ2) is 4.68. The van der Waals surface area contributed by atoms with Gasteiger partial charge in [0, 0.05) is 5.56 Å². The Hall–Kier alpha value is -2.27. The predicted octanol–water partition coefficient (Wildman–Crippen LogP) is 4.23. The van der Waals surface area contributed by atoms with Crippen LogP contribution in [0.1, 0.15) is 24.0 Å². The van der Waals surface area contributed by atoms with Gasteiger partial charge in [-0.15, -0.1) is 0 Å². The molecule has 0 amide bonds. The van der Waals surface area contributed by atoms with E-state index in [-0.39, 0.29) is 5.41 Å². The van der Waals surface area contributed by atoms with Gasteiger partial charge in [0.05, 0.1) is 18.6 Å². The minimum Gasteiger partial charge on any atom is -0.496 e. The zero-order valence-corrected chi connectivity index (χ0v) is 11.8. The van der Waals surface area contributed by atoms with Crippen LogP contribution < -0.4 is 4.74 Å². The number of methoxy groups -OCH3 is 1. The van der Waals surface area contributed by atoms with E-state index in [1.54, 1.807) is 7.11 Å². The molecule has 1 aliphatic rings. The van der Waals surface area contributed by atoms with Crippen molar-refractivity contribution in [2.45, 2.75) is 25.2 Å². The Labute approximate surface area is 119 Å². The van der Waals surface area contributed by atoms with Gasteiger partial charge in [0.15, 0.2) is 0 Å². The molecule has 0 aliphatic heterocycles. The van der Waals surface area contributed by atoms with Crippen LogP contribution in [0.2, 0.25) is 0 Å². The summed E-state index contributed by atoms with van der Waals surface area (Å²) in [6.45, 7) is 2.05. The maximum Gasteiger partial charge on any atom is 0.126 e. The molecular weight excluding hydrogens is 246 g/mol. The lowest BCUT2D eigenvalue weighted by atomic mass is 9.93. The number of hydrogen-bond donors (Lipinski definition) is 0. The van der Waals surface area contributed by atoms with E-state index in [4.69, 9.17) is 4.74 Å². The van der Waals surface area contributed by atoms with Gasteiger partial charge >= 0.3 is 0 Å². The largest absolute Gasteiger partial charge is 0.496 e. The highest BCUT2D eigenvalue weighted by atomic mass is 16.5. The molecule has 0 N–H and O–H groups in total. The normalized spacial score (nSPS) is 15.4. The Kier molecular flexibility index (Phi) is 2.99. The average Bonchev–Trinajstić information content (AvgIpc) is 3.28. The summed E-state index contributed by atoms with van der Waals surface area (Å²) in [5.74, 6) is 0.879. The molecule has 20 heavy (non-hydrogen) atoms. The van der Waals surface area contributed by atoms with Gasteiger partial charge in [0.25, 0.3) is 0 Å². The first-order chi connectivity index (χ1) is 9.68. The highest BCUT2D eigenvalue weighted by Gasteiger charge is 2.44. The van der Waals surface area contributed by atoms with Crippen LogP contribution >= 0.6 is 0 Å². The Morgan fingerprint density at radius 3 is 2.60 bits per heavy atom. The van der Waals surface area contributed by atoms with Crippen LogP contribution in [0.5, 0.6) is 5.75 Å². The fourth-order valence-electron chi connectivity index (χ4n) is 2.61. The van der Waals surface area contributed by atoms with E-state index < -0.39 is 0 Å². The molecule has 2 heteroatoms. The number of ether oxygens (including phenoxy) is 1. The Morgan fingerprint density at radius 1 is 1.15 bits per heavy atom. The van der Waals surface area contributed by atoms with E-state index >= 15 is 0 Å². The molecule has 2 nitrogen and oxygen atoms in total. The van der Waals surface area contributed by atoms with Gasteiger partial charge in [-0.25, -0.2) is 0 Å². The van der Waals surface area contributed by atoms with E-state index in [9.17, 15) is 5.26 Å². The van der Waals surface area contributed by atoms with Crippen molar-refractivity contribution in [3.8, 4) is 22.9 Å². The van der Waals surface area contributed by atoms with Gasteiger partial charge < -0.3 is 4.74 Å². The first kappa shape index (κ1) is 12.7. The van der Waals surface area contributed by atoms with E-state index in [1.807, 2.05) is 12.1 Å².